The van der Waals surface area contributed by atoms with Crippen LogP contribution in [0.3, 0.4) is 0 Å². The number of nitrogens with one attached hydrogen (secondary N) is 2. The van der Waals surface area contributed by atoms with Gasteiger partial charge in [0.1, 0.15) is 18.3 Å². The van der Waals surface area contributed by atoms with Gasteiger partial charge in [0, 0.05) is 37.9 Å². The van der Waals surface area contributed by atoms with E-state index in [1.807, 2.05) is 0 Å². The van der Waals surface area contributed by atoms with Crippen molar-refractivity contribution in [1.82, 2.24) is 14.9 Å². The van der Waals surface area contributed by atoms with Gasteiger partial charge < -0.3 is 24.3 Å². The molecule has 3 aliphatic rings. The second-order valence-electron chi connectivity index (χ2n) is 8.15. The largest absolute Gasteiger partial charge is 0.381 e. The van der Waals surface area contributed by atoms with Gasteiger partial charge in [-0.05, 0) is 26.7 Å². The summed E-state index contributed by atoms with van der Waals surface area (Å²) < 4.78 is 24.8. The molecule has 1 aromatic heterocycles. The number of fused-ring (bicyclic) bond motifs is 1. The molecule has 0 bridgehead atoms. The molecule has 3 aliphatic heterocycles. The molecule has 1 aromatic rings. The van der Waals surface area contributed by atoms with Gasteiger partial charge in [-0.1, -0.05) is 0 Å². The van der Waals surface area contributed by atoms with Crippen molar-refractivity contribution < 1.29 is 23.7 Å². The number of hydrogen-bond donors (Lipinski definition) is 2. The van der Waals surface area contributed by atoms with Gasteiger partial charge in [-0.3, -0.25) is 19.1 Å². The van der Waals surface area contributed by atoms with Gasteiger partial charge >= 0.3 is 5.69 Å². The van der Waals surface area contributed by atoms with Crippen LogP contribution in [-0.2, 0) is 23.7 Å². The highest BCUT2D eigenvalue weighted by molar-refractivity contribution is 5.78. The van der Waals surface area contributed by atoms with Gasteiger partial charge in [0.25, 0.3) is 5.56 Å². The van der Waals surface area contributed by atoms with Crippen LogP contribution < -0.4 is 16.6 Å². The topological polar surface area (TPSA) is 121 Å². The van der Waals surface area contributed by atoms with Gasteiger partial charge in [0.15, 0.2) is 5.79 Å². The second kappa shape index (κ2) is 8.02. The predicted molar refractivity (Wildman–Crippen MR) is 100 cm³/mol. The maximum absolute atomic E-state index is 12.4. The Labute approximate surface area is 167 Å². The lowest BCUT2D eigenvalue weighted by Gasteiger charge is -2.37. The maximum Gasteiger partial charge on any atom is 0.328 e. The number of carbonyl (C=O) groups excluding carboxylic acids is 1. The highest BCUT2D eigenvalue weighted by Gasteiger charge is 2.52. The second-order valence-corrected chi connectivity index (χ2v) is 8.15. The third kappa shape index (κ3) is 4.30. The van der Waals surface area contributed by atoms with Crippen LogP contribution in [0, 0.1) is 5.92 Å². The van der Waals surface area contributed by atoms with E-state index in [0.717, 1.165) is 0 Å². The fourth-order valence-electron chi connectivity index (χ4n) is 4.22. The minimum Gasteiger partial charge on any atom is -0.381 e. The zero-order valence-corrected chi connectivity index (χ0v) is 16.6. The van der Waals surface area contributed by atoms with Crippen LogP contribution in [0.1, 0.15) is 32.7 Å². The number of hydrogen-bond acceptors (Lipinski definition) is 7. The lowest BCUT2D eigenvalue weighted by molar-refractivity contribution is -0.153. The molecule has 0 spiro atoms. The Kier molecular flexibility index (Phi) is 5.60. The zero-order valence-electron chi connectivity index (χ0n) is 16.6. The average molecular weight is 409 g/mol. The molecule has 0 radical (unpaired) electrons. The molecule has 0 saturated carbocycles. The highest BCUT2D eigenvalue weighted by Crippen LogP contribution is 2.39. The first-order valence-corrected chi connectivity index (χ1v) is 9.98. The van der Waals surface area contributed by atoms with E-state index in [1.165, 1.54) is 16.8 Å². The molecule has 4 rings (SSSR count). The number of amides is 1. The van der Waals surface area contributed by atoms with Crippen molar-refractivity contribution in [3.8, 4) is 0 Å². The molecule has 3 fully saturated rings. The van der Waals surface area contributed by atoms with Crippen molar-refractivity contribution >= 4 is 5.91 Å². The summed E-state index contributed by atoms with van der Waals surface area (Å²) in [5.41, 5.74) is -0.985. The molecule has 1 amide bonds. The highest BCUT2D eigenvalue weighted by atomic mass is 16.8. The summed E-state index contributed by atoms with van der Waals surface area (Å²) in [6, 6.07) is 0.839. The van der Waals surface area contributed by atoms with Crippen LogP contribution in [0.15, 0.2) is 21.9 Å². The first kappa shape index (κ1) is 20.3. The van der Waals surface area contributed by atoms with Crippen molar-refractivity contribution in [2.75, 3.05) is 26.4 Å². The van der Waals surface area contributed by atoms with Crippen LogP contribution in [0.2, 0.25) is 0 Å². The average Bonchev–Trinajstić information content (AvgIpc) is 3.02. The Hall–Kier alpha value is -2.01. The van der Waals surface area contributed by atoms with Crippen LogP contribution in [0.4, 0.5) is 0 Å². The van der Waals surface area contributed by atoms with Gasteiger partial charge in [-0.25, -0.2) is 4.79 Å². The molecular formula is C19H27N3O7. The van der Waals surface area contributed by atoms with Gasteiger partial charge in [0.2, 0.25) is 5.91 Å². The summed E-state index contributed by atoms with van der Waals surface area (Å²) in [7, 11) is 0. The molecule has 10 heteroatoms. The third-order valence-electron chi connectivity index (χ3n) is 5.67. The Balaban J connectivity index is 1.47. The van der Waals surface area contributed by atoms with Gasteiger partial charge in [-0.2, -0.15) is 0 Å². The molecule has 4 heterocycles. The van der Waals surface area contributed by atoms with Crippen molar-refractivity contribution in [1.29, 1.82) is 0 Å². The van der Waals surface area contributed by atoms with Crippen molar-refractivity contribution in [3.05, 3.63) is 33.1 Å². The molecule has 0 aromatic carbocycles. The smallest absolute Gasteiger partial charge is 0.328 e. The minimum atomic E-state index is -0.851. The summed E-state index contributed by atoms with van der Waals surface area (Å²) in [6.07, 6.45) is 1.56. The Morgan fingerprint density at radius 1 is 1.24 bits per heavy atom. The maximum atomic E-state index is 12.4. The van der Waals surface area contributed by atoms with E-state index in [2.05, 4.69) is 10.3 Å². The first-order valence-electron chi connectivity index (χ1n) is 9.98. The minimum absolute atomic E-state index is 0.00870. The fourth-order valence-corrected chi connectivity index (χ4v) is 4.22. The summed E-state index contributed by atoms with van der Waals surface area (Å²) in [4.78, 5) is 38.3. The number of rotatable bonds is 4. The first-order chi connectivity index (χ1) is 13.8. The Morgan fingerprint density at radius 2 is 1.97 bits per heavy atom. The monoisotopic (exact) mass is 409 g/mol. The molecule has 0 aliphatic carbocycles. The summed E-state index contributed by atoms with van der Waals surface area (Å²) in [5, 5.41) is 2.96. The third-order valence-corrected chi connectivity index (χ3v) is 5.67. The van der Waals surface area contributed by atoms with Crippen LogP contribution in [0.5, 0.6) is 0 Å². The number of carbonyl (C=O) groups is 1. The Bertz CT molecular complexity index is 858. The van der Waals surface area contributed by atoms with Crippen molar-refractivity contribution in [2.24, 2.45) is 5.92 Å². The molecule has 4 atom stereocenters. The van der Waals surface area contributed by atoms with Gasteiger partial charge in [0.05, 0.1) is 12.6 Å². The van der Waals surface area contributed by atoms with Crippen molar-refractivity contribution in [2.45, 2.75) is 56.8 Å². The number of nitrogens with zero attached hydrogens (tertiary/aromatic N) is 1. The van der Waals surface area contributed by atoms with E-state index in [0.29, 0.717) is 32.6 Å². The summed E-state index contributed by atoms with van der Waals surface area (Å²) >= 11 is 0. The molecule has 10 nitrogen and oxygen atoms in total. The van der Waals surface area contributed by atoms with E-state index in [1.54, 1.807) is 13.8 Å². The van der Waals surface area contributed by atoms with Gasteiger partial charge in [-0.15, -0.1) is 0 Å². The van der Waals surface area contributed by atoms with Crippen LogP contribution >= 0.6 is 0 Å². The van der Waals surface area contributed by atoms with Crippen molar-refractivity contribution in [3.63, 3.8) is 0 Å². The van der Waals surface area contributed by atoms with E-state index in [9.17, 15) is 14.4 Å². The number of ether oxygens (including phenoxy) is 4. The quantitative estimate of drug-likeness (QED) is 0.690. The molecule has 0 unspecified atom stereocenters. The molecule has 2 N–H and O–H groups in total. The van der Waals surface area contributed by atoms with Crippen LogP contribution in [0.25, 0.3) is 0 Å². The normalized spacial score (nSPS) is 31.9. The van der Waals surface area contributed by atoms with Crippen LogP contribution in [-0.4, -0.2) is 65.9 Å². The predicted octanol–water partition coefficient (Wildman–Crippen LogP) is -0.461. The van der Waals surface area contributed by atoms with E-state index < -0.39 is 41.4 Å². The summed E-state index contributed by atoms with van der Waals surface area (Å²) in [6.45, 7) is 5.30. The molecule has 3 saturated heterocycles. The molecule has 160 valence electrons. The van der Waals surface area contributed by atoms with E-state index >= 15 is 0 Å². The standard InChI is InChI=1S/C19H27N3O7/c1-19(2)28-15-12(22-6-3-14(23)21-18(22)25)10-27-13(16(15)29-19)9-20-17(24)11-4-7-26-8-5-11/h3,6,11-13,15-16H,4-5,7-10H2,1-2H3,(H,20,24)(H,21,23,25)/t12-,13-,15+,16-/m1/s1. The van der Waals surface area contributed by atoms with E-state index in [4.69, 9.17) is 18.9 Å². The number of H-pyrrole nitrogens is 1. The fraction of sp³-hybridized carbons (Fsp3) is 0.737. The lowest BCUT2D eigenvalue weighted by atomic mass is 9.96. The molecule has 29 heavy (non-hydrogen) atoms. The number of aromatic amines is 1. The Morgan fingerprint density at radius 3 is 2.69 bits per heavy atom. The molecular weight excluding hydrogens is 382 g/mol. The summed E-state index contributed by atoms with van der Waals surface area (Å²) in [5.74, 6) is -0.908. The number of aromatic nitrogens is 2. The SMILES string of the molecule is CC1(C)O[C@@H]2[C@H](O1)[C@@H](CNC(=O)C1CCOCC1)OC[C@H]2n1ccc(=O)[nH]c1=O. The zero-order chi connectivity index (χ0) is 20.6. The lowest BCUT2D eigenvalue weighted by Crippen LogP contribution is -2.55. The van der Waals surface area contributed by atoms with E-state index in [-0.39, 0.29) is 18.4 Å².